The summed E-state index contributed by atoms with van der Waals surface area (Å²) < 4.78 is 26.7. The van der Waals surface area contributed by atoms with Crippen LogP contribution in [0.25, 0.3) is 0 Å². The van der Waals surface area contributed by atoms with Gasteiger partial charge in [-0.25, -0.2) is 13.1 Å². The molecular formula is C12H25N3O2S. The van der Waals surface area contributed by atoms with Gasteiger partial charge in [0.1, 0.15) is 0 Å². The monoisotopic (exact) mass is 275 g/mol. The highest BCUT2D eigenvalue weighted by atomic mass is 32.2. The third kappa shape index (κ3) is 3.44. The first kappa shape index (κ1) is 14.2. The van der Waals surface area contributed by atoms with Gasteiger partial charge in [0, 0.05) is 24.7 Å². The average molecular weight is 275 g/mol. The molecule has 2 aliphatic rings. The number of nitrogens with zero attached hydrogens (tertiary/aromatic N) is 1. The average Bonchev–Trinajstić information content (AvgIpc) is 2.28. The topological polar surface area (TPSA) is 61.4 Å². The second kappa shape index (κ2) is 5.86. The Kier molecular flexibility index (Phi) is 4.64. The zero-order chi connectivity index (χ0) is 13.2. The zero-order valence-corrected chi connectivity index (χ0v) is 12.2. The van der Waals surface area contributed by atoms with E-state index in [0.29, 0.717) is 18.6 Å². The van der Waals surface area contributed by atoms with Crippen LogP contribution in [0.4, 0.5) is 0 Å². The van der Waals surface area contributed by atoms with Crippen molar-refractivity contribution in [3.8, 4) is 0 Å². The van der Waals surface area contributed by atoms with E-state index in [9.17, 15) is 8.42 Å². The van der Waals surface area contributed by atoms with Crippen molar-refractivity contribution in [2.75, 3.05) is 26.4 Å². The minimum atomic E-state index is -3.12. The maximum Gasteiger partial charge on any atom is 0.213 e. The van der Waals surface area contributed by atoms with Crippen LogP contribution < -0.4 is 10.0 Å². The zero-order valence-electron chi connectivity index (χ0n) is 11.4. The van der Waals surface area contributed by atoms with Crippen molar-refractivity contribution in [3.63, 3.8) is 0 Å². The molecule has 2 bridgehead atoms. The molecule has 0 aromatic carbocycles. The maximum absolute atomic E-state index is 11.9. The van der Waals surface area contributed by atoms with Gasteiger partial charge in [-0.1, -0.05) is 6.42 Å². The molecule has 2 atom stereocenters. The summed E-state index contributed by atoms with van der Waals surface area (Å²) in [6.45, 7) is 0.509. The van der Waals surface area contributed by atoms with Crippen LogP contribution in [0.15, 0.2) is 0 Å². The Morgan fingerprint density at radius 2 is 1.83 bits per heavy atom. The largest absolute Gasteiger partial charge is 0.319 e. The van der Waals surface area contributed by atoms with E-state index in [1.54, 1.807) is 7.05 Å². The van der Waals surface area contributed by atoms with Crippen molar-refractivity contribution >= 4 is 10.0 Å². The molecule has 6 heteroatoms. The minimum absolute atomic E-state index is 0.137. The van der Waals surface area contributed by atoms with E-state index < -0.39 is 10.0 Å². The fourth-order valence-corrected chi connectivity index (χ4v) is 4.55. The molecule has 0 aromatic heterocycles. The maximum atomic E-state index is 11.9. The quantitative estimate of drug-likeness (QED) is 0.749. The van der Waals surface area contributed by atoms with Crippen LogP contribution in [0.5, 0.6) is 0 Å². The Bertz CT molecular complexity index is 358. The van der Waals surface area contributed by atoms with E-state index in [1.807, 2.05) is 0 Å². The molecule has 106 valence electrons. The lowest BCUT2D eigenvalue weighted by molar-refractivity contribution is 0.0536. The predicted molar refractivity (Wildman–Crippen MR) is 73.1 cm³/mol. The van der Waals surface area contributed by atoms with Gasteiger partial charge in [0.2, 0.25) is 10.0 Å². The van der Waals surface area contributed by atoms with E-state index in [2.05, 4.69) is 22.0 Å². The summed E-state index contributed by atoms with van der Waals surface area (Å²) in [6, 6.07) is 1.27. The number of rotatable bonds is 5. The SMILES string of the molecule is CNCCS(=O)(=O)NC1CC2CCCC(C1)N2C. The van der Waals surface area contributed by atoms with Gasteiger partial charge in [0.05, 0.1) is 5.75 Å². The van der Waals surface area contributed by atoms with Crippen molar-refractivity contribution in [2.45, 2.75) is 50.2 Å². The first-order valence-corrected chi connectivity index (χ1v) is 8.53. The Hall–Kier alpha value is -0.170. The molecule has 0 aliphatic carbocycles. The van der Waals surface area contributed by atoms with Crippen molar-refractivity contribution in [1.82, 2.24) is 14.9 Å². The standard InChI is InChI=1S/C12H25N3O2S/c1-13-6-7-18(16,17)14-10-8-11-4-3-5-12(9-10)15(11)2/h10-14H,3-9H2,1-2H3. The molecule has 0 saturated carbocycles. The summed E-state index contributed by atoms with van der Waals surface area (Å²) in [6.07, 6.45) is 5.64. The van der Waals surface area contributed by atoms with Crippen molar-refractivity contribution in [2.24, 2.45) is 0 Å². The number of piperidine rings is 2. The van der Waals surface area contributed by atoms with Gasteiger partial charge in [-0.05, 0) is 39.8 Å². The number of hydrogen-bond donors (Lipinski definition) is 2. The summed E-state index contributed by atoms with van der Waals surface area (Å²) >= 11 is 0. The molecule has 2 N–H and O–H groups in total. The van der Waals surface area contributed by atoms with Gasteiger partial charge in [0.15, 0.2) is 0 Å². The Balaban J connectivity index is 1.91. The lowest BCUT2D eigenvalue weighted by atomic mass is 9.83. The molecule has 2 aliphatic heterocycles. The van der Waals surface area contributed by atoms with Gasteiger partial charge < -0.3 is 10.2 Å². The molecular weight excluding hydrogens is 250 g/mol. The molecule has 2 heterocycles. The molecule has 2 saturated heterocycles. The van der Waals surface area contributed by atoms with Gasteiger partial charge in [-0.2, -0.15) is 0 Å². The van der Waals surface area contributed by atoms with Crippen LogP contribution in [0.2, 0.25) is 0 Å². The smallest absolute Gasteiger partial charge is 0.213 e. The summed E-state index contributed by atoms with van der Waals surface area (Å²) in [5.74, 6) is 0.172. The summed E-state index contributed by atoms with van der Waals surface area (Å²) in [5, 5.41) is 2.88. The Labute approximate surface area is 110 Å². The van der Waals surface area contributed by atoms with Gasteiger partial charge >= 0.3 is 0 Å². The van der Waals surface area contributed by atoms with Gasteiger partial charge in [0.25, 0.3) is 0 Å². The molecule has 2 rings (SSSR count). The fraction of sp³-hybridized carbons (Fsp3) is 1.00. The Morgan fingerprint density at radius 3 is 2.39 bits per heavy atom. The third-order valence-electron chi connectivity index (χ3n) is 4.31. The van der Waals surface area contributed by atoms with Crippen LogP contribution in [0.1, 0.15) is 32.1 Å². The predicted octanol–water partition coefficient (Wildman–Crippen LogP) is 0.141. The summed E-state index contributed by atoms with van der Waals surface area (Å²) in [7, 11) is 0.831. The molecule has 0 amide bonds. The number of fused-ring (bicyclic) bond motifs is 2. The minimum Gasteiger partial charge on any atom is -0.319 e. The van der Waals surface area contributed by atoms with Crippen LogP contribution >= 0.6 is 0 Å². The molecule has 5 nitrogen and oxygen atoms in total. The third-order valence-corrected chi connectivity index (χ3v) is 5.74. The molecule has 2 fully saturated rings. The molecule has 0 aromatic rings. The van der Waals surface area contributed by atoms with E-state index in [1.165, 1.54) is 19.3 Å². The highest BCUT2D eigenvalue weighted by Crippen LogP contribution is 2.32. The van der Waals surface area contributed by atoms with Crippen LogP contribution in [-0.2, 0) is 10.0 Å². The number of sulfonamides is 1. The molecule has 18 heavy (non-hydrogen) atoms. The van der Waals surface area contributed by atoms with E-state index in [4.69, 9.17) is 0 Å². The summed E-state index contributed by atoms with van der Waals surface area (Å²) in [4.78, 5) is 2.45. The van der Waals surface area contributed by atoms with E-state index >= 15 is 0 Å². The van der Waals surface area contributed by atoms with Crippen molar-refractivity contribution in [3.05, 3.63) is 0 Å². The van der Waals surface area contributed by atoms with Crippen LogP contribution in [0.3, 0.4) is 0 Å². The normalized spacial score (nSPS) is 33.6. The van der Waals surface area contributed by atoms with Crippen molar-refractivity contribution in [1.29, 1.82) is 0 Å². The van der Waals surface area contributed by atoms with Gasteiger partial charge in [-0.15, -0.1) is 0 Å². The second-order valence-corrected chi connectivity index (χ2v) is 7.49. The summed E-state index contributed by atoms with van der Waals surface area (Å²) in [5.41, 5.74) is 0. The fourth-order valence-electron chi connectivity index (χ4n) is 3.26. The first-order chi connectivity index (χ1) is 8.52. The van der Waals surface area contributed by atoms with Crippen LogP contribution in [0, 0.1) is 0 Å². The number of nitrogens with one attached hydrogen (secondary N) is 2. The highest BCUT2D eigenvalue weighted by Gasteiger charge is 2.37. The lowest BCUT2D eigenvalue weighted by Crippen LogP contribution is -2.55. The Morgan fingerprint density at radius 1 is 1.22 bits per heavy atom. The molecule has 2 unspecified atom stereocenters. The first-order valence-electron chi connectivity index (χ1n) is 6.88. The van der Waals surface area contributed by atoms with Crippen molar-refractivity contribution < 1.29 is 8.42 Å². The van der Waals surface area contributed by atoms with Crippen LogP contribution in [-0.4, -0.2) is 57.8 Å². The van der Waals surface area contributed by atoms with E-state index in [0.717, 1.165) is 12.8 Å². The molecule has 0 spiro atoms. The second-order valence-electron chi connectivity index (χ2n) is 5.61. The van der Waals surface area contributed by atoms with E-state index in [-0.39, 0.29) is 11.8 Å². The number of hydrogen-bond acceptors (Lipinski definition) is 4. The molecule has 0 radical (unpaired) electrons. The van der Waals surface area contributed by atoms with Gasteiger partial charge in [-0.3, -0.25) is 0 Å². The lowest BCUT2D eigenvalue weighted by Gasteiger charge is -2.47. The highest BCUT2D eigenvalue weighted by molar-refractivity contribution is 7.89.